The van der Waals surface area contributed by atoms with Gasteiger partial charge >= 0.3 is 6.18 Å². The van der Waals surface area contributed by atoms with Gasteiger partial charge in [-0.05, 0) is 34.5 Å². The van der Waals surface area contributed by atoms with Crippen LogP contribution in [0, 0.1) is 0 Å². The Balaban J connectivity index is 2.46. The quantitative estimate of drug-likeness (QED) is 0.752. The molecule has 0 aliphatic carbocycles. The van der Waals surface area contributed by atoms with Gasteiger partial charge in [-0.3, -0.25) is 0 Å². The molecule has 0 spiro atoms. The van der Waals surface area contributed by atoms with Crippen molar-refractivity contribution < 1.29 is 13.2 Å². The van der Waals surface area contributed by atoms with E-state index < -0.39 is 11.7 Å². The van der Waals surface area contributed by atoms with Gasteiger partial charge in [-0.1, -0.05) is 6.07 Å². The number of rotatable bonds is 1. The van der Waals surface area contributed by atoms with E-state index in [1.807, 2.05) is 16.8 Å². The second-order valence-corrected chi connectivity index (χ2v) is 4.09. The Kier molecular flexibility index (Phi) is 2.63. The molecule has 0 bridgehead atoms. The monoisotopic (exact) mass is 243 g/mol. The minimum atomic E-state index is -4.35. The average molecular weight is 243 g/mol. The lowest BCUT2D eigenvalue weighted by Gasteiger charge is -2.09. The normalized spacial score (nSPS) is 11.7. The molecule has 0 aliphatic rings. The molecule has 0 saturated heterocycles. The van der Waals surface area contributed by atoms with Crippen molar-refractivity contribution in [1.29, 1.82) is 0 Å². The van der Waals surface area contributed by atoms with E-state index in [1.165, 1.54) is 17.4 Å². The average Bonchev–Trinajstić information content (AvgIpc) is 2.69. The lowest BCUT2D eigenvalue weighted by Crippen LogP contribution is -2.05. The van der Waals surface area contributed by atoms with E-state index in [0.717, 1.165) is 17.7 Å². The molecule has 1 aromatic carbocycles. The standard InChI is InChI=1S/C11H8F3NS/c12-11(13,14)8-1-2-9(10(15)5-8)7-3-4-16-6-7/h1-6H,15H2. The maximum absolute atomic E-state index is 12.4. The van der Waals surface area contributed by atoms with Gasteiger partial charge in [-0.25, -0.2) is 0 Å². The van der Waals surface area contributed by atoms with Crippen molar-refractivity contribution in [3.05, 3.63) is 40.6 Å². The van der Waals surface area contributed by atoms with Gasteiger partial charge in [0.2, 0.25) is 0 Å². The third-order valence-electron chi connectivity index (χ3n) is 2.21. The van der Waals surface area contributed by atoms with Gasteiger partial charge in [0.25, 0.3) is 0 Å². The molecule has 1 nitrogen and oxygen atoms in total. The Labute approximate surface area is 94.3 Å². The molecule has 2 N–H and O–H groups in total. The Bertz CT molecular complexity index is 488. The van der Waals surface area contributed by atoms with Gasteiger partial charge in [0.1, 0.15) is 0 Å². The zero-order valence-corrected chi connectivity index (χ0v) is 8.90. The van der Waals surface area contributed by atoms with Crippen LogP contribution in [-0.4, -0.2) is 0 Å². The maximum atomic E-state index is 12.4. The van der Waals surface area contributed by atoms with Crippen LogP contribution < -0.4 is 5.73 Å². The van der Waals surface area contributed by atoms with E-state index in [4.69, 9.17) is 5.73 Å². The summed E-state index contributed by atoms with van der Waals surface area (Å²) in [6.45, 7) is 0. The number of hydrogen-bond donors (Lipinski definition) is 1. The van der Waals surface area contributed by atoms with E-state index in [2.05, 4.69) is 0 Å². The van der Waals surface area contributed by atoms with E-state index in [0.29, 0.717) is 5.56 Å². The first kappa shape index (κ1) is 11.0. The molecule has 0 amide bonds. The first-order chi connectivity index (χ1) is 7.48. The van der Waals surface area contributed by atoms with Crippen molar-refractivity contribution in [2.45, 2.75) is 6.18 Å². The minimum Gasteiger partial charge on any atom is -0.398 e. The first-order valence-corrected chi connectivity index (χ1v) is 5.42. The summed E-state index contributed by atoms with van der Waals surface area (Å²) in [7, 11) is 0. The molecular formula is C11H8F3NS. The Morgan fingerprint density at radius 2 is 1.88 bits per heavy atom. The molecule has 5 heteroatoms. The van der Waals surface area contributed by atoms with Gasteiger partial charge in [0.15, 0.2) is 0 Å². The van der Waals surface area contributed by atoms with Gasteiger partial charge in [0.05, 0.1) is 5.56 Å². The van der Waals surface area contributed by atoms with Crippen LogP contribution in [0.2, 0.25) is 0 Å². The Morgan fingerprint density at radius 3 is 2.38 bits per heavy atom. The summed E-state index contributed by atoms with van der Waals surface area (Å²) in [6.07, 6.45) is -4.35. The fourth-order valence-electron chi connectivity index (χ4n) is 1.42. The number of hydrogen-bond acceptors (Lipinski definition) is 2. The summed E-state index contributed by atoms with van der Waals surface area (Å²) in [5, 5.41) is 3.70. The Morgan fingerprint density at radius 1 is 1.12 bits per heavy atom. The highest BCUT2D eigenvalue weighted by molar-refractivity contribution is 7.08. The summed E-state index contributed by atoms with van der Waals surface area (Å²) < 4.78 is 37.2. The molecule has 0 radical (unpaired) electrons. The maximum Gasteiger partial charge on any atom is 0.416 e. The number of thiophene rings is 1. The van der Waals surface area contributed by atoms with E-state index in [1.54, 1.807) is 0 Å². The summed E-state index contributed by atoms with van der Waals surface area (Å²) in [4.78, 5) is 0. The van der Waals surface area contributed by atoms with Crippen LogP contribution in [0.3, 0.4) is 0 Å². The predicted octanol–water partition coefficient (Wildman–Crippen LogP) is 4.02. The third kappa shape index (κ3) is 2.04. The number of nitrogen functional groups attached to an aromatic ring is 1. The number of anilines is 1. The van der Waals surface area contributed by atoms with Gasteiger partial charge < -0.3 is 5.73 Å². The first-order valence-electron chi connectivity index (χ1n) is 4.48. The van der Waals surface area contributed by atoms with Crippen molar-refractivity contribution in [2.75, 3.05) is 5.73 Å². The van der Waals surface area contributed by atoms with Crippen LogP contribution in [0.5, 0.6) is 0 Å². The largest absolute Gasteiger partial charge is 0.416 e. The second-order valence-electron chi connectivity index (χ2n) is 3.31. The molecule has 1 aromatic heterocycles. The van der Waals surface area contributed by atoms with Crippen LogP contribution >= 0.6 is 11.3 Å². The molecule has 0 aliphatic heterocycles. The zero-order valence-electron chi connectivity index (χ0n) is 8.08. The van der Waals surface area contributed by atoms with Crippen molar-refractivity contribution in [1.82, 2.24) is 0 Å². The second kappa shape index (κ2) is 3.83. The SMILES string of the molecule is Nc1cc(C(F)(F)F)ccc1-c1ccsc1. The summed E-state index contributed by atoms with van der Waals surface area (Å²) in [6, 6.07) is 5.24. The molecule has 2 aromatic rings. The van der Waals surface area contributed by atoms with Crippen LogP contribution in [0.25, 0.3) is 11.1 Å². The van der Waals surface area contributed by atoms with Crippen molar-refractivity contribution in [3.63, 3.8) is 0 Å². The highest BCUT2D eigenvalue weighted by Gasteiger charge is 2.30. The van der Waals surface area contributed by atoms with Gasteiger partial charge in [0, 0.05) is 11.3 Å². The summed E-state index contributed by atoms with van der Waals surface area (Å²) in [5.74, 6) is 0. The summed E-state index contributed by atoms with van der Waals surface area (Å²) in [5.41, 5.74) is 6.52. The Hall–Kier alpha value is -1.49. The number of alkyl halides is 3. The van der Waals surface area contributed by atoms with Crippen LogP contribution in [-0.2, 0) is 6.18 Å². The zero-order chi connectivity index (χ0) is 11.8. The molecule has 0 atom stereocenters. The molecule has 0 unspecified atom stereocenters. The highest BCUT2D eigenvalue weighted by atomic mass is 32.1. The molecular weight excluding hydrogens is 235 g/mol. The van der Waals surface area contributed by atoms with Crippen molar-refractivity contribution in [2.24, 2.45) is 0 Å². The fourth-order valence-corrected chi connectivity index (χ4v) is 2.08. The van der Waals surface area contributed by atoms with E-state index in [-0.39, 0.29) is 5.69 Å². The third-order valence-corrected chi connectivity index (χ3v) is 2.89. The summed E-state index contributed by atoms with van der Waals surface area (Å²) >= 11 is 1.48. The van der Waals surface area contributed by atoms with Crippen LogP contribution in [0.15, 0.2) is 35.0 Å². The van der Waals surface area contributed by atoms with Crippen molar-refractivity contribution >= 4 is 17.0 Å². The van der Waals surface area contributed by atoms with Crippen LogP contribution in [0.1, 0.15) is 5.56 Å². The molecule has 2 rings (SSSR count). The molecule has 84 valence electrons. The molecule has 0 fully saturated rings. The number of halogens is 3. The number of benzene rings is 1. The van der Waals surface area contributed by atoms with Crippen LogP contribution in [0.4, 0.5) is 18.9 Å². The minimum absolute atomic E-state index is 0.147. The van der Waals surface area contributed by atoms with Gasteiger partial charge in [-0.2, -0.15) is 24.5 Å². The lowest BCUT2D eigenvalue weighted by atomic mass is 10.0. The van der Waals surface area contributed by atoms with E-state index >= 15 is 0 Å². The number of nitrogens with two attached hydrogens (primary N) is 1. The topological polar surface area (TPSA) is 26.0 Å². The molecule has 1 heterocycles. The fraction of sp³-hybridized carbons (Fsp3) is 0.0909. The molecule has 0 saturated carbocycles. The smallest absolute Gasteiger partial charge is 0.398 e. The highest BCUT2D eigenvalue weighted by Crippen LogP contribution is 2.34. The van der Waals surface area contributed by atoms with Crippen molar-refractivity contribution in [3.8, 4) is 11.1 Å². The van der Waals surface area contributed by atoms with Gasteiger partial charge in [-0.15, -0.1) is 0 Å². The lowest BCUT2D eigenvalue weighted by molar-refractivity contribution is -0.137. The van der Waals surface area contributed by atoms with E-state index in [9.17, 15) is 13.2 Å². The molecule has 16 heavy (non-hydrogen) atoms. The predicted molar refractivity (Wildman–Crippen MR) is 59.2 cm³/mol.